The Morgan fingerprint density at radius 3 is 2.82 bits per heavy atom. The van der Waals surface area contributed by atoms with E-state index in [1.807, 2.05) is 12.1 Å². The number of nitrogens with two attached hydrogens (primary N) is 2. The minimum absolute atomic E-state index is 0.210. The van der Waals surface area contributed by atoms with Gasteiger partial charge < -0.3 is 10.5 Å². The molecule has 1 aromatic rings. The molecule has 0 bridgehead atoms. The van der Waals surface area contributed by atoms with Crippen LogP contribution in [0.3, 0.4) is 0 Å². The molecule has 1 aromatic carbocycles. The van der Waals surface area contributed by atoms with Crippen LogP contribution in [-0.4, -0.2) is 29.1 Å². The van der Waals surface area contributed by atoms with Crippen molar-refractivity contribution in [3.05, 3.63) is 24.3 Å². The van der Waals surface area contributed by atoms with Crippen LogP contribution in [0.2, 0.25) is 0 Å². The Balaban J connectivity index is 2.74. The van der Waals surface area contributed by atoms with Crippen LogP contribution in [0.5, 0.6) is 0 Å². The van der Waals surface area contributed by atoms with Gasteiger partial charge in [-0.3, -0.25) is 10.4 Å². The molecule has 1 rings (SSSR count). The second kappa shape index (κ2) is 6.33. The number of rotatable bonds is 4. The topological polar surface area (TPSA) is 103 Å². The van der Waals surface area contributed by atoms with E-state index in [2.05, 4.69) is 10.7 Å². The van der Waals surface area contributed by atoms with Crippen LogP contribution in [0.4, 0.5) is 11.4 Å². The molecule has 0 spiro atoms. The Morgan fingerprint density at radius 1 is 1.53 bits per heavy atom. The molecule has 0 unspecified atom stereocenters. The van der Waals surface area contributed by atoms with Crippen LogP contribution in [0.1, 0.15) is 0 Å². The van der Waals surface area contributed by atoms with E-state index in [1.54, 1.807) is 19.2 Å². The summed E-state index contributed by atoms with van der Waals surface area (Å²) >= 11 is 4.91. The molecule has 17 heavy (non-hydrogen) atoms. The summed E-state index contributed by atoms with van der Waals surface area (Å²) in [6.45, 7) is 0.299. The third-order valence-corrected chi connectivity index (χ3v) is 2.29. The number of hydroxylamine groups is 2. The third-order valence-electron chi connectivity index (χ3n) is 1.98. The maximum Gasteiger partial charge on any atom is 0.202 e. The van der Waals surface area contributed by atoms with E-state index in [-0.39, 0.29) is 5.11 Å². The smallest absolute Gasteiger partial charge is 0.202 e. The lowest BCUT2D eigenvalue weighted by molar-refractivity contribution is -0.0575. The first kappa shape index (κ1) is 13.6. The molecule has 0 aliphatic carbocycles. The van der Waals surface area contributed by atoms with Gasteiger partial charge in [0.1, 0.15) is 0 Å². The minimum Gasteiger partial charge on any atom is -0.370 e. The average Bonchev–Trinajstić information content (AvgIpc) is 2.34. The molecular formula is C9H16N6OS. The molecule has 0 aliphatic rings. The Hall–Kier alpha value is -1.45. The quantitative estimate of drug-likeness (QED) is 0.218. The number of anilines is 2. The van der Waals surface area contributed by atoms with Crippen molar-refractivity contribution in [2.75, 3.05) is 24.0 Å². The van der Waals surface area contributed by atoms with E-state index in [1.165, 1.54) is 5.01 Å². The lowest BCUT2D eigenvalue weighted by Crippen LogP contribution is -2.47. The highest BCUT2D eigenvalue weighted by molar-refractivity contribution is 7.80. The standard InChI is InChI=1S/C9H16N6OS/c1-14(16)6-12-7-3-2-4-8(5-7)15(11)9(17)13-10/h2-5,12,16H,6,10-11H2,1H3,(H,13,17). The Bertz CT molecular complexity index is 386. The molecule has 0 heterocycles. The fourth-order valence-corrected chi connectivity index (χ4v) is 1.26. The van der Waals surface area contributed by atoms with Crippen LogP contribution in [0.25, 0.3) is 0 Å². The van der Waals surface area contributed by atoms with Crippen molar-refractivity contribution in [3.63, 3.8) is 0 Å². The monoisotopic (exact) mass is 256 g/mol. The van der Waals surface area contributed by atoms with Crippen molar-refractivity contribution in [2.45, 2.75) is 0 Å². The molecule has 8 heteroatoms. The summed E-state index contributed by atoms with van der Waals surface area (Å²) in [7, 11) is 1.54. The summed E-state index contributed by atoms with van der Waals surface area (Å²) in [5.74, 6) is 10.9. The predicted molar refractivity (Wildman–Crippen MR) is 71.1 cm³/mol. The van der Waals surface area contributed by atoms with Crippen molar-refractivity contribution in [2.24, 2.45) is 11.7 Å². The molecule has 94 valence electrons. The summed E-state index contributed by atoms with van der Waals surface area (Å²) in [6, 6.07) is 7.23. The number of thiocarbonyl (C=S) groups is 1. The highest BCUT2D eigenvalue weighted by Gasteiger charge is 2.06. The molecule has 0 saturated carbocycles. The van der Waals surface area contributed by atoms with E-state index in [4.69, 9.17) is 29.1 Å². The molecule has 0 atom stereocenters. The van der Waals surface area contributed by atoms with Crippen LogP contribution in [0.15, 0.2) is 24.3 Å². The maximum atomic E-state index is 9.01. The summed E-state index contributed by atoms with van der Waals surface area (Å²) < 4.78 is 0. The number of nitrogens with one attached hydrogen (secondary N) is 2. The first-order valence-electron chi connectivity index (χ1n) is 4.84. The number of benzene rings is 1. The molecule has 0 aliphatic heterocycles. The molecule has 0 saturated heterocycles. The zero-order valence-corrected chi connectivity index (χ0v) is 10.2. The lowest BCUT2D eigenvalue weighted by atomic mass is 10.3. The minimum atomic E-state index is 0.210. The van der Waals surface area contributed by atoms with E-state index < -0.39 is 0 Å². The molecule has 7 nitrogen and oxygen atoms in total. The van der Waals surface area contributed by atoms with Gasteiger partial charge in [0.15, 0.2) is 0 Å². The van der Waals surface area contributed by atoms with Crippen molar-refractivity contribution in [3.8, 4) is 0 Å². The van der Waals surface area contributed by atoms with Crippen molar-refractivity contribution < 1.29 is 5.21 Å². The van der Waals surface area contributed by atoms with Crippen LogP contribution in [0, 0.1) is 0 Å². The second-order valence-electron chi connectivity index (χ2n) is 3.36. The van der Waals surface area contributed by atoms with Gasteiger partial charge in [0, 0.05) is 12.7 Å². The second-order valence-corrected chi connectivity index (χ2v) is 3.75. The zero-order chi connectivity index (χ0) is 12.8. The van der Waals surface area contributed by atoms with Crippen molar-refractivity contribution >= 4 is 28.7 Å². The fraction of sp³-hybridized carbons (Fsp3) is 0.222. The largest absolute Gasteiger partial charge is 0.370 e. The number of hydrazine groups is 2. The van der Waals surface area contributed by atoms with Gasteiger partial charge in [0.2, 0.25) is 5.11 Å². The van der Waals surface area contributed by atoms with Gasteiger partial charge >= 0.3 is 0 Å². The third kappa shape index (κ3) is 4.13. The molecule has 0 amide bonds. The zero-order valence-electron chi connectivity index (χ0n) is 9.42. The number of nitrogens with zero attached hydrogens (tertiary/aromatic N) is 2. The molecular weight excluding hydrogens is 240 g/mol. The summed E-state index contributed by atoms with van der Waals surface area (Å²) in [4.78, 5) is 0. The molecule has 0 aromatic heterocycles. The highest BCUT2D eigenvalue weighted by Crippen LogP contribution is 2.17. The lowest BCUT2D eigenvalue weighted by Gasteiger charge is -2.19. The average molecular weight is 256 g/mol. The van der Waals surface area contributed by atoms with Gasteiger partial charge in [0.25, 0.3) is 0 Å². The van der Waals surface area contributed by atoms with E-state index in [0.717, 1.165) is 10.8 Å². The Morgan fingerprint density at radius 2 is 2.24 bits per heavy atom. The predicted octanol–water partition coefficient (Wildman–Crippen LogP) is -0.195. The van der Waals surface area contributed by atoms with Gasteiger partial charge in [-0.1, -0.05) is 6.07 Å². The first-order valence-corrected chi connectivity index (χ1v) is 5.24. The summed E-state index contributed by atoms with van der Waals surface area (Å²) in [5.41, 5.74) is 3.78. The van der Waals surface area contributed by atoms with Crippen molar-refractivity contribution in [1.82, 2.24) is 10.5 Å². The van der Waals surface area contributed by atoms with Crippen LogP contribution >= 0.6 is 12.2 Å². The van der Waals surface area contributed by atoms with Crippen LogP contribution in [-0.2, 0) is 0 Å². The summed E-state index contributed by atoms with van der Waals surface area (Å²) in [6.07, 6.45) is 0. The molecule has 0 radical (unpaired) electrons. The Labute approximate surface area is 105 Å². The summed E-state index contributed by atoms with van der Waals surface area (Å²) in [5, 5.41) is 14.5. The molecule has 0 fully saturated rings. The first-order chi connectivity index (χ1) is 8.04. The normalized spacial score (nSPS) is 10.2. The highest BCUT2D eigenvalue weighted by atomic mass is 32.1. The maximum absolute atomic E-state index is 9.01. The number of hydrogen-bond donors (Lipinski definition) is 5. The van der Waals surface area contributed by atoms with E-state index in [0.29, 0.717) is 12.4 Å². The molecule has 7 N–H and O–H groups in total. The number of hydrogen-bond acceptors (Lipinski definition) is 6. The van der Waals surface area contributed by atoms with Gasteiger partial charge in [-0.15, -0.1) is 0 Å². The van der Waals surface area contributed by atoms with Gasteiger partial charge in [-0.05, 0) is 30.4 Å². The van der Waals surface area contributed by atoms with Gasteiger partial charge in [-0.2, -0.15) is 5.06 Å². The van der Waals surface area contributed by atoms with Crippen LogP contribution < -0.4 is 27.4 Å². The van der Waals surface area contributed by atoms with E-state index in [9.17, 15) is 0 Å². The Kier molecular flexibility index (Phi) is 5.07. The van der Waals surface area contributed by atoms with E-state index >= 15 is 0 Å². The van der Waals surface area contributed by atoms with Gasteiger partial charge in [0.05, 0.1) is 12.4 Å². The SMILES string of the molecule is CN(O)CNc1cccc(N(N)C(=S)NN)c1. The van der Waals surface area contributed by atoms with Crippen molar-refractivity contribution in [1.29, 1.82) is 0 Å². The van der Waals surface area contributed by atoms with Gasteiger partial charge in [-0.25, -0.2) is 11.7 Å². The fourth-order valence-electron chi connectivity index (χ4n) is 1.16.